The lowest BCUT2D eigenvalue weighted by Gasteiger charge is -2.25. The fourth-order valence-corrected chi connectivity index (χ4v) is 2.05. The van der Waals surface area contributed by atoms with Gasteiger partial charge in [0.25, 0.3) is 0 Å². The van der Waals surface area contributed by atoms with Crippen molar-refractivity contribution in [3.05, 3.63) is 34.1 Å². The van der Waals surface area contributed by atoms with Gasteiger partial charge in [0.1, 0.15) is 5.82 Å². The quantitative estimate of drug-likeness (QED) is 0.821. The van der Waals surface area contributed by atoms with Crippen molar-refractivity contribution in [2.45, 2.75) is 18.9 Å². The number of nitrogens with one attached hydrogen (secondary N) is 1. The maximum atomic E-state index is 13.1. The van der Waals surface area contributed by atoms with Crippen LogP contribution < -0.4 is 5.32 Å². The lowest BCUT2D eigenvalue weighted by Crippen LogP contribution is -2.55. The van der Waals surface area contributed by atoms with E-state index in [1.807, 2.05) is 0 Å². The third kappa shape index (κ3) is 4.28. The van der Waals surface area contributed by atoms with Crippen molar-refractivity contribution in [3.8, 4) is 0 Å². The highest BCUT2D eigenvalue weighted by atomic mass is 79.9. The highest BCUT2D eigenvalue weighted by Gasteiger charge is 2.34. The number of methoxy groups -OCH3 is 1. The SMILES string of the molecule is COCC(C)(NC(=O)Cc1ccc(F)c(Br)c1)C(=O)O. The Labute approximate surface area is 124 Å². The highest BCUT2D eigenvalue weighted by molar-refractivity contribution is 9.10. The van der Waals surface area contributed by atoms with Gasteiger partial charge in [-0.25, -0.2) is 9.18 Å². The number of benzene rings is 1. The summed E-state index contributed by atoms with van der Waals surface area (Å²) in [6, 6.07) is 4.18. The highest BCUT2D eigenvalue weighted by Crippen LogP contribution is 2.17. The molecule has 7 heteroatoms. The van der Waals surface area contributed by atoms with Crippen molar-refractivity contribution >= 4 is 27.8 Å². The average Bonchev–Trinajstić information content (AvgIpc) is 2.33. The summed E-state index contributed by atoms with van der Waals surface area (Å²) in [5, 5.41) is 11.5. The van der Waals surface area contributed by atoms with Crippen molar-refractivity contribution in [3.63, 3.8) is 0 Å². The van der Waals surface area contributed by atoms with Crippen molar-refractivity contribution in [1.29, 1.82) is 0 Å². The summed E-state index contributed by atoms with van der Waals surface area (Å²) in [5.74, 6) is -2.10. The Morgan fingerprint density at radius 3 is 2.65 bits per heavy atom. The van der Waals surface area contributed by atoms with Gasteiger partial charge in [0.05, 0.1) is 17.5 Å². The molecule has 0 saturated carbocycles. The average molecular weight is 348 g/mol. The number of rotatable bonds is 6. The zero-order chi connectivity index (χ0) is 15.3. The minimum Gasteiger partial charge on any atom is -0.479 e. The van der Waals surface area contributed by atoms with Crippen molar-refractivity contribution in [1.82, 2.24) is 5.32 Å². The van der Waals surface area contributed by atoms with Crippen LogP contribution in [-0.4, -0.2) is 36.2 Å². The summed E-state index contributed by atoms with van der Waals surface area (Å²) >= 11 is 3.02. The van der Waals surface area contributed by atoms with Crippen LogP contribution in [0, 0.1) is 5.82 Å². The normalized spacial score (nSPS) is 13.6. The molecule has 1 aromatic rings. The maximum Gasteiger partial charge on any atom is 0.331 e. The van der Waals surface area contributed by atoms with E-state index in [0.29, 0.717) is 5.56 Å². The van der Waals surface area contributed by atoms with Crippen LogP contribution in [0.2, 0.25) is 0 Å². The minimum absolute atomic E-state index is 0.0501. The van der Waals surface area contributed by atoms with Gasteiger partial charge in [-0.3, -0.25) is 4.79 Å². The van der Waals surface area contributed by atoms with Crippen LogP contribution in [-0.2, 0) is 20.7 Å². The van der Waals surface area contributed by atoms with Crippen molar-refractivity contribution < 1.29 is 23.8 Å². The number of carbonyl (C=O) groups excluding carboxylic acids is 1. The summed E-state index contributed by atoms with van der Waals surface area (Å²) in [5.41, 5.74) is -0.927. The summed E-state index contributed by atoms with van der Waals surface area (Å²) in [6.07, 6.45) is -0.0501. The summed E-state index contributed by atoms with van der Waals surface area (Å²) in [4.78, 5) is 23.0. The number of amides is 1. The molecule has 0 aliphatic carbocycles. The van der Waals surface area contributed by atoms with Crippen LogP contribution in [0.25, 0.3) is 0 Å². The number of hydrogen-bond acceptors (Lipinski definition) is 3. The molecular weight excluding hydrogens is 333 g/mol. The fraction of sp³-hybridized carbons (Fsp3) is 0.385. The molecule has 110 valence electrons. The Bertz CT molecular complexity index is 523. The first-order valence-electron chi connectivity index (χ1n) is 5.76. The topological polar surface area (TPSA) is 75.6 Å². The molecule has 2 N–H and O–H groups in total. The molecule has 0 heterocycles. The monoisotopic (exact) mass is 347 g/mol. The molecule has 0 radical (unpaired) electrons. The Balaban J connectivity index is 2.75. The Morgan fingerprint density at radius 1 is 1.50 bits per heavy atom. The van der Waals surface area contributed by atoms with Crippen LogP contribution in [0.3, 0.4) is 0 Å². The van der Waals surface area contributed by atoms with E-state index in [1.165, 1.54) is 32.2 Å². The molecule has 0 saturated heterocycles. The Kier molecular flexibility index (Phi) is 5.64. The van der Waals surface area contributed by atoms with E-state index in [1.54, 1.807) is 0 Å². The number of carbonyl (C=O) groups is 2. The summed E-state index contributed by atoms with van der Waals surface area (Å²) < 4.78 is 18.1. The van der Waals surface area contributed by atoms with Gasteiger partial charge in [0.2, 0.25) is 5.91 Å². The molecule has 20 heavy (non-hydrogen) atoms. The van der Waals surface area contributed by atoms with Gasteiger partial charge >= 0.3 is 5.97 Å². The second-order valence-electron chi connectivity index (χ2n) is 4.54. The lowest BCUT2D eigenvalue weighted by atomic mass is 10.0. The van der Waals surface area contributed by atoms with E-state index < -0.39 is 23.2 Å². The summed E-state index contributed by atoms with van der Waals surface area (Å²) in [6.45, 7) is 1.21. The third-order valence-electron chi connectivity index (χ3n) is 2.67. The number of aliphatic carboxylic acids is 1. The zero-order valence-electron chi connectivity index (χ0n) is 11.1. The lowest BCUT2D eigenvalue weighted by molar-refractivity contribution is -0.149. The molecule has 0 aliphatic heterocycles. The van der Waals surface area contributed by atoms with Crippen LogP contribution in [0.4, 0.5) is 4.39 Å². The number of carboxylic acids is 1. The molecule has 0 fully saturated rings. The van der Waals surface area contributed by atoms with Crippen LogP contribution in [0.1, 0.15) is 12.5 Å². The second-order valence-corrected chi connectivity index (χ2v) is 5.40. The van der Waals surface area contributed by atoms with Crippen LogP contribution in [0.15, 0.2) is 22.7 Å². The second kappa shape index (κ2) is 6.81. The first kappa shape index (κ1) is 16.6. The van der Waals surface area contributed by atoms with E-state index in [9.17, 15) is 14.0 Å². The van der Waals surface area contributed by atoms with Gasteiger partial charge in [-0.1, -0.05) is 6.07 Å². The molecular formula is C13H15BrFNO4. The van der Waals surface area contributed by atoms with E-state index >= 15 is 0 Å². The smallest absolute Gasteiger partial charge is 0.331 e. The van der Waals surface area contributed by atoms with Gasteiger partial charge in [0.15, 0.2) is 5.54 Å². The zero-order valence-corrected chi connectivity index (χ0v) is 12.7. The number of ether oxygens (including phenoxy) is 1. The molecule has 1 rings (SSSR count). The summed E-state index contributed by atoms with van der Waals surface area (Å²) in [7, 11) is 1.35. The number of halogens is 2. The molecule has 1 aromatic carbocycles. The predicted molar refractivity (Wildman–Crippen MR) is 73.9 cm³/mol. The van der Waals surface area contributed by atoms with Crippen molar-refractivity contribution in [2.75, 3.05) is 13.7 Å². The minimum atomic E-state index is -1.50. The number of carboxylic acid groups (broad SMARTS) is 1. The van der Waals surface area contributed by atoms with E-state index in [2.05, 4.69) is 21.2 Å². The van der Waals surface area contributed by atoms with Gasteiger partial charge in [-0.15, -0.1) is 0 Å². The van der Waals surface area contributed by atoms with E-state index in [4.69, 9.17) is 9.84 Å². The molecule has 0 aromatic heterocycles. The molecule has 1 atom stereocenters. The van der Waals surface area contributed by atoms with Gasteiger partial charge < -0.3 is 15.2 Å². The molecule has 5 nitrogen and oxygen atoms in total. The first-order valence-corrected chi connectivity index (χ1v) is 6.55. The van der Waals surface area contributed by atoms with Crippen LogP contribution in [0.5, 0.6) is 0 Å². The number of hydrogen-bond donors (Lipinski definition) is 2. The Morgan fingerprint density at radius 2 is 2.15 bits per heavy atom. The first-order chi connectivity index (χ1) is 9.28. The Hall–Kier alpha value is -1.47. The molecule has 1 unspecified atom stereocenters. The molecule has 1 amide bonds. The standard InChI is InChI=1S/C13H15BrFNO4/c1-13(7-20-2,12(18)19)16-11(17)6-8-3-4-10(15)9(14)5-8/h3-5H,6-7H2,1-2H3,(H,16,17)(H,18,19). The van der Waals surface area contributed by atoms with Crippen LogP contribution >= 0.6 is 15.9 Å². The van der Waals surface area contributed by atoms with Crippen molar-refractivity contribution in [2.24, 2.45) is 0 Å². The predicted octanol–water partition coefficient (Wildman–Crippen LogP) is 1.74. The van der Waals surface area contributed by atoms with E-state index in [0.717, 1.165) is 0 Å². The maximum absolute atomic E-state index is 13.1. The van der Waals surface area contributed by atoms with Gasteiger partial charge in [0, 0.05) is 7.11 Å². The molecule has 0 bridgehead atoms. The fourth-order valence-electron chi connectivity index (χ4n) is 1.63. The molecule has 0 spiro atoms. The van der Waals surface area contributed by atoms with Gasteiger partial charge in [-0.2, -0.15) is 0 Å². The third-order valence-corrected chi connectivity index (χ3v) is 3.28. The largest absolute Gasteiger partial charge is 0.479 e. The van der Waals surface area contributed by atoms with E-state index in [-0.39, 0.29) is 17.5 Å². The van der Waals surface area contributed by atoms with Gasteiger partial charge in [-0.05, 0) is 40.5 Å². The molecule has 0 aliphatic rings.